The lowest BCUT2D eigenvalue weighted by Gasteiger charge is -2.34. The van der Waals surface area contributed by atoms with Gasteiger partial charge in [-0.05, 0) is 38.3 Å². The number of nitrogens with one attached hydrogen (secondary N) is 1. The third-order valence-corrected chi connectivity index (χ3v) is 5.66. The van der Waals surface area contributed by atoms with Gasteiger partial charge >= 0.3 is 5.97 Å². The number of piperazine rings is 1. The van der Waals surface area contributed by atoms with E-state index in [0.29, 0.717) is 37.6 Å². The molecule has 1 N–H and O–H groups in total. The minimum absolute atomic E-state index is 0.0189. The Morgan fingerprint density at radius 2 is 1.79 bits per heavy atom. The SMILES string of the molecule is CC(C)(C)NC(=O)CN1CCN(C(=O)COC(=O)c2cc3ccccc3s2)CC1. The lowest BCUT2D eigenvalue weighted by molar-refractivity contribution is -0.136. The van der Waals surface area contributed by atoms with Crippen LogP contribution in [0.25, 0.3) is 10.1 Å². The van der Waals surface area contributed by atoms with Gasteiger partial charge in [0.1, 0.15) is 4.88 Å². The van der Waals surface area contributed by atoms with Crippen molar-refractivity contribution in [2.24, 2.45) is 0 Å². The fourth-order valence-electron chi connectivity index (χ4n) is 3.19. The van der Waals surface area contributed by atoms with Gasteiger partial charge in [0.15, 0.2) is 6.61 Å². The fourth-order valence-corrected chi connectivity index (χ4v) is 4.14. The minimum Gasteiger partial charge on any atom is -0.451 e. The van der Waals surface area contributed by atoms with E-state index >= 15 is 0 Å². The number of rotatable bonds is 5. The van der Waals surface area contributed by atoms with Crippen molar-refractivity contribution >= 4 is 39.2 Å². The number of carbonyl (C=O) groups excluding carboxylic acids is 3. The highest BCUT2D eigenvalue weighted by molar-refractivity contribution is 7.20. The monoisotopic (exact) mass is 417 g/mol. The second kappa shape index (κ2) is 8.92. The van der Waals surface area contributed by atoms with Crippen LogP contribution >= 0.6 is 11.3 Å². The summed E-state index contributed by atoms with van der Waals surface area (Å²) >= 11 is 1.36. The molecule has 1 fully saturated rings. The summed E-state index contributed by atoms with van der Waals surface area (Å²) in [6.07, 6.45) is 0. The number of hydrogen-bond acceptors (Lipinski definition) is 6. The van der Waals surface area contributed by atoms with Gasteiger partial charge in [0.05, 0.1) is 6.54 Å². The number of fused-ring (bicyclic) bond motifs is 1. The van der Waals surface area contributed by atoms with Crippen molar-refractivity contribution in [3.8, 4) is 0 Å². The van der Waals surface area contributed by atoms with Gasteiger partial charge in [-0.25, -0.2) is 4.79 Å². The van der Waals surface area contributed by atoms with E-state index in [1.165, 1.54) is 11.3 Å². The molecular formula is C21H27N3O4S. The fraction of sp³-hybridized carbons (Fsp3) is 0.476. The molecule has 1 aliphatic rings. The Hall–Kier alpha value is -2.45. The Morgan fingerprint density at radius 3 is 2.45 bits per heavy atom. The van der Waals surface area contributed by atoms with Gasteiger partial charge in [-0.1, -0.05) is 18.2 Å². The Morgan fingerprint density at radius 1 is 1.10 bits per heavy atom. The van der Waals surface area contributed by atoms with Crippen molar-refractivity contribution in [1.29, 1.82) is 0 Å². The van der Waals surface area contributed by atoms with Crippen molar-refractivity contribution in [2.45, 2.75) is 26.3 Å². The van der Waals surface area contributed by atoms with Crippen LogP contribution in [0.15, 0.2) is 30.3 Å². The highest BCUT2D eigenvalue weighted by Crippen LogP contribution is 2.25. The molecule has 29 heavy (non-hydrogen) atoms. The van der Waals surface area contributed by atoms with Gasteiger partial charge in [0.2, 0.25) is 5.91 Å². The molecule has 3 rings (SSSR count). The molecule has 7 nitrogen and oxygen atoms in total. The zero-order valence-corrected chi connectivity index (χ0v) is 17.9. The van der Waals surface area contributed by atoms with Gasteiger partial charge in [-0.15, -0.1) is 11.3 Å². The average molecular weight is 418 g/mol. The largest absolute Gasteiger partial charge is 0.451 e. The molecule has 2 aromatic rings. The van der Waals surface area contributed by atoms with Gasteiger partial charge in [0, 0.05) is 36.4 Å². The van der Waals surface area contributed by atoms with E-state index in [1.807, 2.05) is 49.9 Å². The van der Waals surface area contributed by atoms with Crippen molar-refractivity contribution in [3.05, 3.63) is 35.2 Å². The van der Waals surface area contributed by atoms with Gasteiger partial charge in [0.25, 0.3) is 5.91 Å². The average Bonchev–Trinajstić information content (AvgIpc) is 3.09. The maximum atomic E-state index is 12.4. The number of amides is 2. The first kappa shape index (κ1) is 21.3. The van der Waals surface area contributed by atoms with Crippen LogP contribution in [0.4, 0.5) is 0 Å². The molecule has 2 heterocycles. The lowest BCUT2D eigenvalue weighted by atomic mass is 10.1. The molecule has 1 aromatic carbocycles. The number of hydrogen-bond donors (Lipinski definition) is 1. The van der Waals surface area contributed by atoms with E-state index in [-0.39, 0.29) is 24.0 Å². The Bertz CT molecular complexity index is 862. The minimum atomic E-state index is -0.475. The number of ether oxygens (including phenoxy) is 1. The molecule has 2 amide bonds. The topological polar surface area (TPSA) is 79.0 Å². The molecule has 0 aliphatic carbocycles. The summed E-state index contributed by atoms with van der Waals surface area (Å²) in [5, 5.41) is 3.93. The van der Waals surface area contributed by atoms with Crippen LogP contribution in [0.1, 0.15) is 30.4 Å². The molecule has 0 radical (unpaired) electrons. The third kappa shape index (κ3) is 6.01. The zero-order chi connectivity index (χ0) is 21.0. The molecule has 0 spiro atoms. The quantitative estimate of drug-likeness (QED) is 0.754. The predicted molar refractivity (Wildman–Crippen MR) is 113 cm³/mol. The van der Waals surface area contributed by atoms with Gasteiger partial charge in [-0.3, -0.25) is 14.5 Å². The second-order valence-electron chi connectivity index (χ2n) is 8.18. The van der Waals surface area contributed by atoms with E-state index in [4.69, 9.17) is 4.74 Å². The number of carbonyl (C=O) groups is 3. The highest BCUT2D eigenvalue weighted by Gasteiger charge is 2.24. The van der Waals surface area contributed by atoms with Gasteiger partial charge in [-0.2, -0.15) is 0 Å². The first-order valence-corrected chi connectivity index (χ1v) is 10.5. The molecular weight excluding hydrogens is 390 g/mol. The second-order valence-corrected chi connectivity index (χ2v) is 9.26. The molecule has 0 unspecified atom stereocenters. The predicted octanol–water partition coefficient (Wildman–Crippen LogP) is 2.12. The van der Waals surface area contributed by atoms with Crippen LogP contribution in [0.3, 0.4) is 0 Å². The summed E-state index contributed by atoms with van der Waals surface area (Å²) in [5.74, 6) is -0.704. The first-order valence-electron chi connectivity index (χ1n) is 9.68. The summed E-state index contributed by atoms with van der Waals surface area (Å²) in [7, 11) is 0. The molecule has 1 aromatic heterocycles. The van der Waals surface area contributed by atoms with Crippen LogP contribution in [0, 0.1) is 0 Å². The third-order valence-electron chi connectivity index (χ3n) is 4.56. The Balaban J connectivity index is 1.42. The Labute approximate surface area is 174 Å². The van der Waals surface area contributed by atoms with Crippen LogP contribution < -0.4 is 5.32 Å². The van der Waals surface area contributed by atoms with E-state index in [2.05, 4.69) is 5.32 Å². The molecule has 1 aliphatic heterocycles. The zero-order valence-electron chi connectivity index (χ0n) is 17.1. The maximum Gasteiger partial charge on any atom is 0.348 e. The summed E-state index contributed by atoms with van der Waals surface area (Å²) in [4.78, 5) is 40.9. The van der Waals surface area contributed by atoms with Gasteiger partial charge < -0.3 is 15.0 Å². The molecule has 8 heteroatoms. The molecule has 0 bridgehead atoms. The van der Waals surface area contributed by atoms with Crippen LogP contribution in [-0.2, 0) is 14.3 Å². The maximum absolute atomic E-state index is 12.4. The number of benzene rings is 1. The summed E-state index contributed by atoms with van der Waals surface area (Å²) in [5.41, 5.74) is -0.257. The van der Waals surface area contributed by atoms with Crippen molar-refractivity contribution in [3.63, 3.8) is 0 Å². The van der Waals surface area contributed by atoms with Crippen molar-refractivity contribution < 1.29 is 19.1 Å². The summed E-state index contributed by atoms with van der Waals surface area (Å²) in [6, 6.07) is 9.51. The van der Waals surface area contributed by atoms with Crippen LogP contribution in [0.2, 0.25) is 0 Å². The van der Waals surface area contributed by atoms with E-state index in [1.54, 1.807) is 11.0 Å². The van der Waals surface area contributed by atoms with Crippen molar-refractivity contribution in [2.75, 3.05) is 39.3 Å². The number of nitrogens with zero attached hydrogens (tertiary/aromatic N) is 2. The lowest BCUT2D eigenvalue weighted by Crippen LogP contribution is -2.53. The molecule has 1 saturated heterocycles. The summed E-state index contributed by atoms with van der Waals surface area (Å²) < 4.78 is 6.23. The highest BCUT2D eigenvalue weighted by atomic mass is 32.1. The first-order chi connectivity index (χ1) is 13.7. The van der Waals surface area contributed by atoms with Crippen molar-refractivity contribution in [1.82, 2.24) is 15.1 Å². The molecule has 0 saturated carbocycles. The van der Waals surface area contributed by atoms with E-state index < -0.39 is 5.97 Å². The molecule has 0 atom stereocenters. The smallest absolute Gasteiger partial charge is 0.348 e. The normalized spacial score (nSPS) is 15.3. The van der Waals surface area contributed by atoms with Crippen LogP contribution in [-0.4, -0.2) is 72.5 Å². The number of thiophene rings is 1. The van der Waals surface area contributed by atoms with E-state index in [0.717, 1.165) is 10.1 Å². The number of esters is 1. The standard InChI is InChI=1S/C21H27N3O4S/c1-21(2,3)22-18(25)13-23-8-10-24(11-9-23)19(26)14-28-20(27)17-12-15-6-4-5-7-16(15)29-17/h4-7,12H,8-11,13-14H2,1-3H3,(H,22,25). The van der Waals surface area contributed by atoms with E-state index in [9.17, 15) is 14.4 Å². The van der Waals surface area contributed by atoms with Crippen LogP contribution in [0.5, 0.6) is 0 Å². The Kier molecular flexibility index (Phi) is 6.54. The summed E-state index contributed by atoms with van der Waals surface area (Å²) in [6.45, 7) is 8.16. The molecule has 156 valence electrons.